The number of halogens is 1. The number of carbonyl (C=O) groups excluding carboxylic acids is 2. The molecule has 0 radical (unpaired) electrons. The van der Waals surface area contributed by atoms with E-state index in [0.29, 0.717) is 41.8 Å². The highest BCUT2D eigenvalue weighted by atomic mass is 35.5. The molecule has 1 atom stereocenters. The van der Waals surface area contributed by atoms with Crippen LogP contribution in [0.4, 0.5) is 4.79 Å². The van der Waals surface area contributed by atoms with Crippen LogP contribution in [0.3, 0.4) is 0 Å². The van der Waals surface area contributed by atoms with Gasteiger partial charge in [0.15, 0.2) is 0 Å². The van der Waals surface area contributed by atoms with E-state index in [9.17, 15) is 9.59 Å². The van der Waals surface area contributed by atoms with E-state index in [1.165, 1.54) is 12.0 Å². The molecule has 9 nitrogen and oxygen atoms in total. The molecule has 2 aromatic heterocycles. The quantitative estimate of drug-likeness (QED) is 0.656. The first-order chi connectivity index (χ1) is 15.1. The van der Waals surface area contributed by atoms with Gasteiger partial charge in [0.1, 0.15) is 16.4 Å². The van der Waals surface area contributed by atoms with E-state index in [1.54, 1.807) is 39.2 Å². The first-order valence-electron chi connectivity index (χ1n) is 10.4. The topological polar surface area (TPSA) is 107 Å². The lowest BCUT2D eigenvalue weighted by atomic mass is 10.1. The summed E-state index contributed by atoms with van der Waals surface area (Å²) >= 11 is 6.14. The number of rotatable bonds is 6. The summed E-state index contributed by atoms with van der Waals surface area (Å²) in [5.41, 5.74) is 1.97. The van der Waals surface area contributed by atoms with Crippen LogP contribution < -0.4 is 10.1 Å². The van der Waals surface area contributed by atoms with Crippen LogP contribution in [0.2, 0.25) is 5.15 Å². The number of aromatic nitrogens is 3. The van der Waals surface area contributed by atoms with Crippen LogP contribution in [0.5, 0.6) is 5.88 Å². The molecule has 0 aliphatic carbocycles. The molecule has 3 rings (SSSR count). The van der Waals surface area contributed by atoms with Crippen molar-refractivity contribution in [3.8, 4) is 17.1 Å². The van der Waals surface area contributed by atoms with Gasteiger partial charge in [0, 0.05) is 30.8 Å². The Balaban J connectivity index is 1.88. The molecule has 0 aromatic carbocycles. The van der Waals surface area contributed by atoms with Gasteiger partial charge in [-0.05, 0) is 45.7 Å². The summed E-state index contributed by atoms with van der Waals surface area (Å²) in [6, 6.07) is 1.66. The van der Waals surface area contributed by atoms with E-state index in [2.05, 4.69) is 20.3 Å². The lowest BCUT2D eigenvalue weighted by molar-refractivity contribution is -0.119. The molecule has 0 unspecified atom stereocenters. The van der Waals surface area contributed by atoms with Gasteiger partial charge in [0.05, 0.1) is 25.5 Å². The molecule has 0 bridgehead atoms. The maximum absolute atomic E-state index is 12.9. The summed E-state index contributed by atoms with van der Waals surface area (Å²) in [6.45, 7) is 7.68. The van der Waals surface area contributed by atoms with Gasteiger partial charge in [0.25, 0.3) is 0 Å². The van der Waals surface area contributed by atoms with Crippen LogP contribution in [0.25, 0.3) is 11.3 Å². The fourth-order valence-corrected chi connectivity index (χ4v) is 3.54. The van der Waals surface area contributed by atoms with Crippen LogP contribution in [-0.2, 0) is 16.1 Å². The maximum atomic E-state index is 12.9. The second-order valence-electron chi connectivity index (χ2n) is 8.65. The molecule has 10 heteroatoms. The van der Waals surface area contributed by atoms with Crippen LogP contribution in [0, 0.1) is 6.92 Å². The van der Waals surface area contributed by atoms with E-state index in [1.807, 2.05) is 6.92 Å². The van der Waals surface area contributed by atoms with E-state index in [4.69, 9.17) is 21.1 Å². The molecule has 172 valence electrons. The highest BCUT2D eigenvalue weighted by molar-refractivity contribution is 6.30. The number of ether oxygens (including phenoxy) is 2. The number of hydrogen-bond acceptors (Lipinski definition) is 7. The van der Waals surface area contributed by atoms with Gasteiger partial charge in [-0.2, -0.15) is 0 Å². The summed E-state index contributed by atoms with van der Waals surface area (Å²) in [7, 11) is 1.50. The number of pyridine rings is 1. The van der Waals surface area contributed by atoms with Crippen molar-refractivity contribution in [1.82, 2.24) is 25.2 Å². The second-order valence-corrected chi connectivity index (χ2v) is 9.01. The van der Waals surface area contributed by atoms with Gasteiger partial charge in [0.2, 0.25) is 11.8 Å². The van der Waals surface area contributed by atoms with E-state index >= 15 is 0 Å². The predicted octanol–water partition coefficient (Wildman–Crippen LogP) is 3.52. The first-order valence-corrected chi connectivity index (χ1v) is 10.7. The summed E-state index contributed by atoms with van der Waals surface area (Å²) in [4.78, 5) is 39.2. The van der Waals surface area contributed by atoms with Gasteiger partial charge >= 0.3 is 6.09 Å². The van der Waals surface area contributed by atoms with Crippen molar-refractivity contribution in [1.29, 1.82) is 0 Å². The Kier molecular flexibility index (Phi) is 7.18. The summed E-state index contributed by atoms with van der Waals surface area (Å²) in [5, 5.41) is 3.28. The van der Waals surface area contributed by atoms with Crippen molar-refractivity contribution < 1.29 is 19.1 Å². The summed E-state index contributed by atoms with van der Waals surface area (Å²) < 4.78 is 11.0. The molecule has 2 amide bonds. The Labute approximate surface area is 192 Å². The van der Waals surface area contributed by atoms with Gasteiger partial charge in [-0.1, -0.05) is 11.6 Å². The molecular weight excluding hydrogens is 434 g/mol. The number of amides is 2. The lowest BCUT2D eigenvalue weighted by Crippen LogP contribution is -2.44. The predicted molar refractivity (Wildman–Crippen MR) is 119 cm³/mol. The average Bonchev–Trinajstić information content (AvgIpc) is 3.13. The lowest BCUT2D eigenvalue weighted by Gasteiger charge is -2.29. The van der Waals surface area contributed by atoms with Gasteiger partial charge in [-0.15, -0.1) is 0 Å². The van der Waals surface area contributed by atoms with Crippen LogP contribution in [0.15, 0.2) is 18.5 Å². The van der Waals surface area contributed by atoms with Gasteiger partial charge in [-0.3, -0.25) is 9.78 Å². The largest absolute Gasteiger partial charge is 0.480 e. The first kappa shape index (κ1) is 23.7. The fraction of sp³-hybridized carbons (Fsp3) is 0.500. The third-order valence-corrected chi connectivity index (χ3v) is 5.32. The molecule has 1 aliphatic rings. The number of nitrogens with one attached hydrogen (secondary N) is 1. The summed E-state index contributed by atoms with van der Waals surface area (Å²) in [5.74, 6) is 0.270. The molecule has 1 saturated heterocycles. The number of methoxy groups -OCH3 is 1. The monoisotopic (exact) mass is 461 g/mol. The zero-order valence-electron chi connectivity index (χ0n) is 18.9. The van der Waals surface area contributed by atoms with E-state index in [0.717, 1.165) is 11.1 Å². The highest BCUT2D eigenvalue weighted by Crippen LogP contribution is 2.28. The molecule has 32 heavy (non-hydrogen) atoms. The molecule has 1 N–H and O–H groups in total. The second kappa shape index (κ2) is 9.68. The van der Waals surface area contributed by atoms with Gasteiger partial charge in [-0.25, -0.2) is 14.8 Å². The minimum Gasteiger partial charge on any atom is -0.480 e. The van der Waals surface area contributed by atoms with E-state index in [-0.39, 0.29) is 18.5 Å². The minimum absolute atomic E-state index is 0.0211. The van der Waals surface area contributed by atoms with Crippen LogP contribution in [0.1, 0.15) is 44.9 Å². The molecule has 2 aromatic rings. The average molecular weight is 462 g/mol. The van der Waals surface area contributed by atoms with Crippen LogP contribution >= 0.6 is 11.6 Å². The Morgan fingerprint density at radius 3 is 2.72 bits per heavy atom. The van der Waals surface area contributed by atoms with Crippen molar-refractivity contribution >= 4 is 23.6 Å². The number of nitrogens with zero attached hydrogens (tertiary/aromatic N) is 4. The summed E-state index contributed by atoms with van der Waals surface area (Å²) in [6.07, 6.45) is 3.82. The van der Waals surface area contributed by atoms with E-state index < -0.39 is 11.7 Å². The Morgan fingerprint density at radius 2 is 2.09 bits per heavy atom. The minimum atomic E-state index is -0.661. The van der Waals surface area contributed by atoms with Crippen molar-refractivity contribution in [3.63, 3.8) is 0 Å². The molecular formula is C22H28ClN5O4. The van der Waals surface area contributed by atoms with Crippen molar-refractivity contribution in [2.75, 3.05) is 13.7 Å². The third-order valence-electron chi connectivity index (χ3n) is 4.94. The Morgan fingerprint density at radius 1 is 1.34 bits per heavy atom. The number of carbonyl (C=O) groups is 2. The molecule has 0 spiro atoms. The third kappa shape index (κ3) is 5.85. The highest BCUT2D eigenvalue weighted by Gasteiger charge is 2.29. The van der Waals surface area contributed by atoms with Gasteiger partial charge < -0.3 is 19.7 Å². The Bertz CT molecular complexity index is 1010. The van der Waals surface area contributed by atoms with Crippen molar-refractivity contribution in [3.05, 3.63) is 34.9 Å². The smallest absolute Gasteiger partial charge is 0.410 e. The van der Waals surface area contributed by atoms with Crippen LogP contribution in [-0.4, -0.2) is 57.1 Å². The molecule has 0 saturated carbocycles. The number of hydrogen-bond donors (Lipinski definition) is 1. The van der Waals surface area contributed by atoms with Crippen molar-refractivity contribution in [2.45, 2.75) is 58.7 Å². The maximum Gasteiger partial charge on any atom is 0.410 e. The Hall–Kier alpha value is -2.94. The zero-order chi connectivity index (χ0) is 23.5. The zero-order valence-corrected chi connectivity index (χ0v) is 19.7. The molecule has 1 fully saturated rings. The normalized spacial score (nSPS) is 15.9. The SMILES string of the molecule is COc1nc(-c2ccnc(Cl)c2C)cnc1CN(C[C@@H]1CCC(=O)N1)C(=O)OC(C)(C)C. The molecule has 3 heterocycles. The fourth-order valence-electron chi connectivity index (χ4n) is 3.38. The molecule has 1 aliphatic heterocycles. The standard InChI is InChI=1S/C22H28ClN5O4/c1-13-15(8-9-24-19(13)23)16-10-25-17(20(27-16)31-5)12-28(21(30)32-22(2,3)4)11-14-6-7-18(29)26-14/h8-10,14H,6-7,11-12H2,1-5H3,(H,26,29)/t14-/m0/s1. The van der Waals surface area contributed by atoms with Crippen molar-refractivity contribution in [2.24, 2.45) is 0 Å².